The molecule has 0 atom stereocenters. The van der Waals surface area contributed by atoms with Crippen LogP contribution < -0.4 is 10.6 Å². The van der Waals surface area contributed by atoms with Gasteiger partial charge >= 0.3 is 0 Å². The highest BCUT2D eigenvalue weighted by Gasteiger charge is 2.11. The standard InChI is InChI=1S/C14H15N3O/c1-17(2)11-5-3-10(4-6-11)14(18)12-7-8-16-9-13(12)15/h3-9H,15H2,1-2H3. The molecule has 92 valence electrons. The highest BCUT2D eigenvalue weighted by molar-refractivity contribution is 6.12. The van der Waals surface area contributed by atoms with Gasteiger partial charge in [0.05, 0.1) is 11.9 Å². The molecule has 0 fully saturated rings. The predicted octanol–water partition coefficient (Wildman–Crippen LogP) is 1.96. The van der Waals surface area contributed by atoms with Gasteiger partial charge in [0.25, 0.3) is 0 Å². The molecule has 4 heteroatoms. The van der Waals surface area contributed by atoms with Crippen LogP contribution in [-0.4, -0.2) is 24.9 Å². The summed E-state index contributed by atoms with van der Waals surface area (Å²) < 4.78 is 0. The summed E-state index contributed by atoms with van der Waals surface area (Å²) in [6.07, 6.45) is 3.05. The van der Waals surface area contributed by atoms with Gasteiger partial charge in [-0.1, -0.05) is 0 Å². The Morgan fingerprint density at radius 1 is 1.17 bits per heavy atom. The zero-order valence-corrected chi connectivity index (χ0v) is 10.4. The van der Waals surface area contributed by atoms with E-state index in [1.807, 2.05) is 31.1 Å². The van der Waals surface area contributed by atoms with E-state index in [0.717, 1.165) is 5.69 Å². The van der Waals surface area contributed by atoms with Gasteiger partial charge in [0.1, 0.15) is 0 Å². The minimum Gasteiger partial charge on any atom is -0.397 e. The van der Waals surface area contributed by atoms with E-state index >= 15 is 0 Å². The minimum atomic E-state index is -0.0831. The topological polar surface area (TPSA) is 59.2 Å². The number of nitrogens with two attached hydrogens (primary N) is 1. The Morgan fingerprint density at radius 2 is 1.83 bits per heavy atom. The Balaban J connectivity index is 2.32. The molecule has 0 saturated heterocycles. The van der Waals surface area contributed by atoms with E-state index < -0.39 is 0 Å². The van der Waals surface area contributed by atoms with Crippen LogP contribution in [0.4, 0.5) is 11.4 Å². The lowest BCUT2D eigenvalue weighted by molar-refractivity contribution is 0.103. The molecule has 2 N–H and O–H groups in total. The van der Waals surface area contributed by atoms with Crippen molar-refractivity contribution in [2.75, 3.05) is 24.7 Å². The van der Waals surface area contributed by atoms with E-state index in [9.17, 15) is 4.79 Å². The van der Waals surface area contributed by atoms with Gasteiger partial charge in [0.15, 0.2) is 5.78 Å². The third kappa shape index (κ3) is 2.32. The van der Waals surface area contributed by atoms with Crippen molar-refractivity contribution < 1.29 is 4.79 Å². The highest BCUT2D eigenvalue weighted by Crippen LogP contribution is 2.18. The van der Waals surface area contributed by atoms with Gasteiger partial charge in [-0.05, 0) is 30.3 Å². The molecule has 1 heterocycles. The largest absolute Gasteiger partial charge is 0.397 e. The fraction of sp³-hybridized carbons (Fsp3) is 0.143. The maximum atomic E-state index is 12.2. The number of hydrogen-bond acceptors (Lipinski definition) is 4. The molecule has 4 nitrogen and oxygen atoms in total. The summed E-state index contributed by atoms with van der Waals surface area (Å²) in [5.41, 5.74) is 8.31. The molecule has 18 heavy (non-hydrogen) atoms. The highest BCUT2D eigenvalue weighted by atomic mass is 16.1. The zero-order valence-electron chi connectivity index (χ0n) is 10.4. The van der Waals surface area contributed by atoms with Gasteiger partial charge in [0.2, 0.25) is 0 Å². The summed E-state index contributed by atoms with van der Waals surface area (Å²) in [4.78, 5) is 18.1. The summed E-state index contributed by atoms with van der Waals surface area (Å²) >= 11 is 0. The molecule has 1 aromatic heterocycles. The van der Waals surface area contributed by atoms with E-state index in [1.54, 1.807) is 24.4 Å². The number of nitrogens with zero attached hydrogens (tertiary/aromatic N) is 2. The van der Waals surface area contributed by atoms with E-state index in [4.69, 9.17) is 5.73 Å². The molecule has 0 radical (unpaired) electrons. The van der Waals surface area contributed by atoms with Crippen molar-refractivity contribution in [2.24, 2.45) is 0 Å². The normalized spacial score (nSPS) is 10.1. The van der Waals surface area contributed by atoms with E-state index in [1.165, 1.54) is 6.20 Å². The second-order valence-corrected chi connectivity index (χ2v) is 4.23. The fourth-order valence-electron chi connectivity index (χ4n) is 1.68. The van der Waals surface area contributed by atoms with E-state index in [0.29, 0.717) is 16.8 Å². The van der Waals surface area contributed by atoms with Crippen molar-refractivity contribution in [2.45, 2.75) is 0 Å². The first kappa shape index (κ1) is 12.1. The average Bonchev–Trinajstić information content (AvgIpc) is 2.38. The predicted molar refractivity (Wildman–Crippen MR) is 72.9 cm³/mol. The number of rotatable bonds is 3. The van der Waals surface area contributed by atoms with Crippen LogP contribution in [0.2, 0.25) is 0 Å². The van der Waals surface area contributed by atoms with Gasteiger partial charge in [0, 0.05) is 37.1 Å². The summed E-state index contributed by atoms with van der Waals surface area (Å²) in [6, 6.07) is 9.06. The molecule has 0 spiro atoms. The number of anilines is 2. The summed E-state index contributed by atoms with van der Waals surface area (Å²) in [7, 11) is 3.91. The molecule has 0 aliphatic rings. The molecule has 0 aliphatic carbocycles. The van der Waals surface area contributed by atoms with Crippen molar-refractivity contribution in [3.8, 4) is 0 Å². The molecular weight excluding hydrogens is 226 g/mol. The van der Waals surface area contributed by atoms with Gasteiger partial charge in [-0.2, -0.15) is 0 Å². The van der Waals surface area contributed by atoms with Crippen molar-refractivity contribution in [1.82, 2.24) is 4.98 Å². The second kappa shape index (κ2) is 4.87. The summed E-state index contributed by atoms with van der Waals surface area (Å²) in [5, 5.41) is 0. The Labute approximate surface area is 106 Å². The molecule has 0 unspecified atom stereocenters. The Bertz CT molecular complexity index is 562. The second-order valence-electron chi connectivity index (χ2n) is 4.23. The van der Waals surface area contributed by atoms with Crippen LogP contribution in [0.3, 0.4) is 0 Å². The quantitative estimate of drug-likeness (QED) is 0.834. The first-order valence-electron chi connectivity index (χ1n) is 5.61. The lowest BCUT2D eigenvalue weighted by Crippen LogP contribution is -2.09. The number of aromatic nitrogens is 1. The molecular formula is C14H15N3O. The fourth-order valence-corrected chi connectivity index (χ4v) is 1.68. The van der Waals surface area contributed by atoms with Gasteiger partial charge < -0.3 is 10.6 Å². The Morgan fingerprint density at radius 3 is 2.39 bits per heavy atom. The smallest absolute Gasteiger partial charge is 0.195 e. The SMILES string of the molecule is CN(C)c1ccc(C(=O)c2ccncc2N)cc1. The lowest BCUT2D eigenvalue weighted by atomic mass is 10.0. The van der Waals surface area contributed by atoms with Crippen LogP contribution in [0.5, 0.6) is 0 Å². The van der Waals surface area contributed by atoms with Crippen LogP contribution in [0.15, 0.2) is 42.7 Å². The number of benzene rings is 1. The maximum absolute atomic E-state index is 12.2. The van der Waals surface area contributed by atoms with E-state index in [2.05, 4.69) is 4.98 Å². The van der Waals surface area contributed by atoms with Crippen molar-refractivity contribution in [3.05, 3.63) is 53.9 Å². The number of carbonyl (C=O) groups is 1. The first-order valence-corrected chi connectivity index (χ1v) is 5.61. The zero-order chi connectivity index (χ0) is 13.1. The first-order chi connectivity index (χ1) is 8.59. The molecule has 2 rings (SSSR count). The monoisotopic (exact) mass is 241 g/mol. The van der Waals surface area contributed by atoms with Crippen LogP contribution in [0.25, 0.3) is 0 Å². The van der Waals surface area contributed by atoms with Crippen LogP contribution in [0.1, 0.15) is 15.9 Å². The van der Waals surface area contributed by atoms with Crippen LogP contribution >= 0.6 is 0 Å². The molecule has 0 saturated carbocycles. The van der Waals surface area contributed by atoms with E-state index in [-0.39, 0.29) is 5.78 Å². The molecule has 0 amide bonds. The van der Waals surface area contributed by atoms with Gasteiger partial charge in [-0.3, -0.25) is 9.78 Å². The summed E-state index contributed by atoms with van der Waals surface area (Å²) in [5.74, 6) is -0.0831. The van der Waals surface area contributed by atoms with Crippen molar-refractivity contribution in [3.63, 3.8) is 0 Å². The van der Waals surface area contributed by atoms with Gasteiger partial charge in [-0.25, -0.2) is 0 Å². The molecule has 0 aliphatic heterocycles. The number of hydrogen-bond donors (Lipinski definition) is 1. The number of carbonyl (C=O) groups excluding carboxylic acids is 1. The van der Waals surface area contributed by atoms with Gasteiger partial charge in [-0.15, -0.1) is 0 Å². The number of ketones is 1. The third-order valence-corrected chi connectivity index (χ3v) is 2.74. The minimum absolute atomic E-state index is 0.0831. The summed E-state index contributed by atoms with van der Waals surface area (Å²) in [6.45, 7) is 0. The Hall–Kier alpha value is -2.36. The number of nitrogen functional groups attached to an aromatic ring is 1. The number of pyridine rings is 1. The molecule has 2 aromatic rings. The third-order valence-electron chi connectivity index (χ3n) is 2.74. The Kier molecular flexibility index (Phi) is 3.28. The maximum Gasteiger partial charge on any atom is 0.195 e. The van der Waals surface area contributed by atoms with Crippen LogP contribution in [0, 0.1) is 0 Å². The van der Waals surface area contributed by atoms with Crippen LogP contribution in [-0.2, 0) is 0 Å². The van der Waals surface area contributed by atoms with Crippen molar-refractivity contribution >= 4 is 17.2 Å². The van der Waals surface area contributed by atoms with Crippen molar-refractivity contribution in [1.29, 1.82) is 0 Å². The lowest BCUT2D eigenvalue weighted by Gasteiger charge is -2.12. The molecule has 0 bridgehead atoms. The average molecular weight is 241 g/mol. The molecule has 1 aromatic carbocycles.